The fraction of sp³-hybridized carbons (Fsp3) is 0.250. The van der Waals surface area contributed by atoms with Gasteiger partial charge in [-0.3, -0.25) is 4.79 Å². The minimum Gasteiger partial charge on any atom is -0.398 e. The molecule has 0 radical (unpaired) electrons. The van der Waals surface area contributed by atoms with Crippen molar-refractivity contribution in [1.29, 1.82) is 0 Å². The van der Waals surface area contributed by atoms with Gasteiger partial charge in [0.25, 0.3) is 0 Å². The van der Waals surface area contributed by atoms with Crippen LogP contribution in [0, 0.1) is 0 Å². The Morgan fingerprint density at radius 1 is 1.56 bits per heavy atom. The number of nitrogens with one attached hydrogen (secondary N) is 1. The lowest BCUT2D eigenvalue weighted by molar-refractivity contribution is -0.118. The third-order valence-corrected chi connectivity index (χ3v) is 2.36. The summed E-state index contributed by atoms with van der Waals surface area (Å²) in [7, 11) is 0. The van der Waals surface area contributed by atoms with Gasteiger partial charge in [-0.2, -0.15) is 0 Å². The fourth-order valence-electron chi connectivity index (χ4n) is 1.22. The summed E-state index contributed by atoms with van der Waals surface area (Å²) >= 11 is 5.80. The van der Waals surface area contributed by atoms with Gasteiger partial charge in [-0.15, -0.1) is 0 Å². The van der Waals surface area contributed by atoms with Gasteiger partial charge in [0.05, 0.1) is 10.7 Å². The minimum atomic E-state index is -0.0101. The second-order valence-electron chi connectivity index (χ2n) is 3.45. The number of nitrogens with two attached hydrogens (primary N) is 1. The summed E-state index contributed by atoms with van der Waals surface area (Å²) in [5.41, 5.74) is 7.25. The Hall–Kier alpha value is -1.48. The molecule has 0 aromatic heterocycles. The number of amides is 1. The molecule has 0 bridgehead atoms. The van der Waals surface area contributed by atoms with Crippen LogP contribution < -0.4 is 11.1 Å². The highest BCUT2D eigenvalue weighted by Crippen LogP contribution is 2.20. The Labute approximate surface area is 100 Å². The number of carbonyl (C=O) groups excluding carboxylic acids is 1. The molecular formula is C12H15ClN2O. The molecule has 3 N–H and O–H groups in total. The zero-order chi connectivity index (χ0) is 12.0. The van der Waals surface area contributed by atoms with Crippen LogP contribution in [0.5, 0.6) is 0 Å². The first kappa shape index (κ1) is 12.6. The normalized spacial score (nSPS) is 10.6. The molecule has 1 aromatic carbocycles. The molecule has 16 heavy (non-hydrogen) atoms. The summed E-state index contributed by atoms with van der Waals surface area (Å²) in [5.74, 6) is -0.0101. The van der Waals surface area contributed by atoms with Gasteiger partial charge in [-0.1, -0.05) is 29.8 Å². The molecule has 0 heterocycles. The molecule has 0 aliphatic rings. The van der Waals surface area contributed by atoms with Crippen molar-refractivity contribution in [2.45, 2.75) is 13.3 Å². The van der Waals surface area contributed by atoms with Crippen molar-refractivity contribution < 1.29 is 4.79 Å². The van der Waals surface area contributed by atoms with Crippen LogP contribution in [0.4, 0.5) is 5.69 Å². The van der Waals surface area contributed by atoms with E-state index in [1.807, 2.05) is 24.3 Å². The lowest BCUT2D eigenvalue weighted by Crippen LogP contribution is -2.20. The van der Waals surface area contributed by atoms with E-state index in [1.165, 1.54) is 6.92 Å². The largest absolute Gasteiger partial charge is 0.398 e. The van der Waals surface area contributed by atoms with Crippen LogP contribution in [0.15, 0.2) is 24.3 Å². The molecule has 86 valence electrons. The summed E-state index contributed by atoms with van der Waals surface area (Å²) in [6.45, 7) is 2.15. The quantitative estimate of drug-likeness (QED) is 0.625. The second kappa shape index (κ2) is 6.18. The molecule has 4 heteroatoms. The average Bonchev–Trinajstić information content (AvgIpc) is 2.22. The number of hydrogen-bond acceptors (Lipinski definition) is 2. The van der Waals surface area contributed by atoms with Crippen LogP contribution in [0.2, 0.25) is 5.02 Å². The zero-order valence-electron chi connectivity index (χ0n) is 9.16. The smallest absolute Gasteiger partial charge is 0.216 e. The Morgan fingerprint density at radius 3 is 2.94 bits per heavy atom. The van der Waals surface area contributed by atoms with Gasteiger partial charge in [0.15, 0.2) is 0 Å². The van der Waals surface area contributed by atoms with E-state index in [9.17, 15) is 4.79 Å². The summed E-state index contributed by atoms with van der Waals surface area (Å²) in [4.78, 5) is 10.6. The predicted octanol–water partition coefficient (Wildman–Crippen LogP) is 2.46. The maximum Gasteiger partial charge on any atom is 0.216 e. The predicted molar refractivity (Wildman–Crippen MR) is 68.2 cm³/mol. The summed E-state index contributed by atoms with van der Waals surface area (Å²) < 4.78 is 0. The first-order valence-corrected chi connectivity index (χ1v) is 5.43. The van der Waals surface area contributed by atoms with Crippen LogP contribution in [-0.4, -0.2) is 12.5 Å². The monoisotopic (exact) mass is 238 g/mol. The zero-order valence-corrected chi connectivity index (χ0v) is 9.92. The second-order valence-corrected chi connectivity index (χ2v) is 3.86. The molecular weight excluding hydrogens is 224 g/mol. The molecule has 0 aliphatic heterocycles. The molecule has 0 saturated heterocycles. The molecule has 1 rings (SSSR count). The number of halogens is 1. The van der Waals surface area contributed by atoms with E-state index in [0.717, 1.165) is 12.0 Å². The topological polar surface area (TPSA) is 55.1 Å². The molecule has 0 unspecified atom stereocenters. The van der Waals surface area contributed by atoms with Crippen molar-refractivity contribution in [3.05, 3.63) is 34.9 Å². The van der Waals surface area contributed by atoms with Crippen LogP contribution >= 0.6 is 11.6 Å². The van der Waals surface area contributed by atoms with Gasteiger partial charge in [0, 0.05) is 13.5 Å². The molecule has 0 atom stereocenters. The lowest BCUT2D eigenvalue weighted by Gasteiger charge is -1.99. The highest BCUT2D eigenvalue weighted by molar-refractivity contribution is 6.33. The van der Waals surface area contributed by atoms with E-state index in [0.29, 0.717) is 17.3 Å². The van der Waals surface area contributed by atoms with Crippen LogP contribution in [0.25, 0.3) is 6.08 Å². The molecule has 3 nitrogen and oxygen atoms in total. The third-order valence-electron chi connectivity index (χ3n) is 2.02. The Balaban J connectivity index is 2.44. The first-order chi connectivity index (χ1) is 7.59. The molecule has 1 aromatic rings. The van der Waals surface area contributed by atoms with Crippen LogP contribution in [0.1, 0.15) is 18.9 Å². The fourth-order valence-corrected chi connectivity index (χ4v) is 1.33. The van der Waals surface area contributed by atoms with E-state index in [2.05, 4.69) is 5.32 Å². The number of benzene rings is 1. The summed E-state index contributed by atoms with van der Waals surface area (Å²) in [6.07, 6.45) is 4.73. The van der Waals surface area contributed by atoms with Crippen LogP contribution in [0.3, 0.4) is 0 Å². The SMILES string of the molecule is CC(=O)NCCC=Cc1ccc(Cl)c(N)c1. The van der Waals surface area contributed by atoms with Gasteiger partial charge in [-0.05, 0) is 24.1 Å². The van der Waals surface area contributed by atoms with Gasteiger partial charge >= 0.3 is 0 Å². The Morgan fingerprint density at radius 2 is 2.31 bits per heavy atom. The summed E-state index contributed by atoms with van der Waals surface area (Å²) in [5, 5.41) is 3.28. The number of carbonyl (C=O) groups is 1. The average molecular weight is 239 g/mol. The van der Waals surface area contributed by atoms with Crippen molar-refractivity contribution >= 4 is 29.3 Å². The van der Waals surface area contributed by atoms with Crippen LogP contribution in [-0.2, 0) is 4.79 Å². The van der Waals surface area contributed by atoms with Gasteiger partial charge < -0.3 is 11.1 Å². The highest BCUT2D eigenvalue weighted by Gasteiger charge is 1.95. The molecule has 0 saturated carbocycles. The number of rotatable bonds is 4. The molecule has 1 amide bonds. The third kappa shape index (κ3) is 4.36. The van der Waals surface area contributed by atoms with E-state index in [1.54, 1.807) is 6.07 Å². The first-order valence-electron chi connectivity index (χ1n) is 5.05. The molecule has 0 aliphatic carbocycles. The maximum absolute atomic E-state index is 10.6. The van der Waals surface area contributed by atoms with E-state index in [4.69, 9.17) is 17.3 Å². The molecule has 0 spiro atoms. The number of anilines is 1. The number of hydrogen-bond donors (Lipinski definition) is 2. The van der Waals surface area contributed by atoms with E-state index >= 15 is 0 Å². The van der Waals surface area contributed by atoms with E-state index in [-0.39, 0.29) is 5.91 Å². The molecule has 0 fully saturated rings. The highest BCUT2D eigenvalue weighted by atomic mass is 35.5. The Kier molecular flexibility index (Phi) is 4.86. The van der Waals surface area contributed by atoms with Crippen molar-refractivity contribution in [2.75, 3.05) is 12.3 Å². The Bertz CT molecular complexity index is 402. The lowest BCUT2D eigenvalue weighted by atomic mass is 10.2. The number of nitrogen functional groups attached to an aromatic ring is 1. The van der Waals surface area contributed by atoms with Gasteiger partial charge in [0.1, 0.15) is 0 Å². The van der Waals surface area contributed by atoms with Crippen molar-refractivity contribution in [2.24, 2.45) is 0 Å². The minimum absolute atomic E-state index is 0.0101. The maximum atomic E-state index is 10.6. The van der Waals surface area contributed by atoms with Gasteiger partial charge in [0.2, 0.25) is 5.91 Å². The van der Waals surface area contributed by atoms with Crippen molar-refractivity contribution in [3.63, 3.8) is 0 Å². The van der Waals surface area contributed by atoms with Crippen molar-refractivity contribution in [3.8, 4) is 0 Å². The standard InChI is InChI=1S/C12H15ClN2O/c1-9(16)15-7-3-2-4-10-5-6-11(13)12(14)8-10/h2,4-6,8H,3,7,14H2,1H3,(H,15,16). The van der Waals surface area contributed by atoms with E-state index < -0.39 is 0 Å². The van der Waals surface area contributed by atoms with Gasteiger partial charge in [-0.25, -0.2) is 0 Å². The van der Waals surface area contributed by atoms with Crippen molar-refractivity contribution in [1.82, 2.24) is 5.32 Å². The summed E-state index contributed by atoms with van der Waals surface area (Å²) in [6, 6.07) is 5.48.